The fraction of sp³-hybridized carbons (Fsp3) is 0.471. The average Bonchev–Trinajstić information content (AvgIpc) is 2.87. The Labute approximate surface area is 130 Å². The molecule has 1 aromatic heterocycles. The number of fused-ring (bicyclic) bond motifs is 1. The standard InChI is InChI=1S/C17H23N3S/c1-17(2,3)15-11-21-16(19-15)10-20-8-4-5-12-9-13(18)6-7-14(12)20/h6-7,9,11H,4-5,8,10,18H2,1-3H3. The van der Waals surface area contributed by atoms with E-state index in [0.717, 1.165) is 25.2 Å². The van der Waals surface area contributed by atoms with Gasteiger partial charge in [-0.1, -0.05) is 20.8 Å². The fourth-order valence-corrected chi connectivity index (χ4v) is 3.79. The number of thiazole rings is 1. The minimum atomic E-state index is 0.128. The second-order valence-corrected chi connectivity index (χ2v) is 7.73. The maximum absolute atomic E-state index is 5.90. The average molecular weight is 301 g/mol. The van der Waals surface area contributed by atoms with Crippen LogP contribution >= 0.6 is 11.3 Å². The van der Waals surface area contributed by atoms with Crippen LogP contribution in [-0.2, 0) is 18.4 Å². The molecule has 112 valence electrons. The number of anilines is 2. The normalized spacial score (nSPS) is 15.1. The Morgan fingerprint density at radius 3 is 2.86 bits per heavy atom. The van der Waals surface area contributed by atoms with E-state index >= 15 is 0 Å². The second-order valence-electron chi connectivity index (χ2n) is 6.79. The molecule has 21 heavy (non-hydrogen) atoms. The summed E-state index contributed by atoms with van der Waals surface area (Å²) in [5.41, 5.74) is 10.8. The van der Waals surface area contributed by atoms with Crippen LogP contribution in [0.15, 0.2) is 23.6 Å². The van der Waals surface area contributed by atoms with Crippen molar-refractivity contribution in [3.05, 3.63) is 39.8 Å². The van der Waals surface area contributed by atoms with Crippen LogP contribution in [0.25, 0.3) is 0 Å². The van der Waals surface area contributed by atoms with Crippen LogP contribution in [0, 0.1) is 0 Å². The van der Waals surface area contributed by atoms with E-state index in [4.69, 9.17) is 10.7 Å². The predicted octanol–water partition coefficient (Wildman–Crippen LogP) is 3.98. The quantitative estimate of drug-likeness (QED) is 0.853. The molecule has 1 aliphatic heterocycles. The summed E-state index contributed by atoms with van der Waals surface area (Å²) in [5, 5.41) is 3.40. The summed E-state index contributed by atoms with van der Waals surface area (Å²) < 4.78 is 0. The molecule has 0 unspecified atom stereocenters. The molecule has 0 bridgehead atoms. The molecular formula is C17H23N3S. The van der Waals surface area contributed by atoms with Gasteiger partial charge in [0, 0.05) is 28.7 Å². The summed E-state index contributed by atoms with van der Waals surface area (Å²) in [7, 11) is 0. The topological polar surface area (TPSA) is 42.1 Å². The van der Waals surface area contributed by atoms with Crippen molar-refractivity contribution in [1.29, 1.82) is 0 Å². The molecule has 3 nitrogen and oxygen atoms in total. The predicted molar refractivity (Wildman–Crippen MR) is 91.0 cm³/mol. The number of aryl methyl sites for hydroxylation is 1. The molecule has 2 aromatic rings. The van der Waals surface area contributed by atoms with Crippen LogP contribution in [0.3, 0.4) is 0 Å². The van der Waals surface area contributed by atoms with E-state index in [9.17, 15) is 0 Å². The van der Waals surface area contributed by atoms with Crippen molar-refractivity contribution in [2.45, 2.75) is 45.6 Å². The van der Waals surface area contributed by atoms with E-state index in [-0.39, 0.29) is 5.41 Å². The fourth-order valence-electron chi connectivity index (χ4n) is 2.75. The SMILES string of the molecule is CC(C)(C)c1csc(CN2CCCc3cc(N)ccc32)n1. The minimum Gasteiger partial charge on any atom is -0.399 e. The van der Waals surface area contributed by atoms with Crippen molar-refractivity contribution in [2.24, 2.45) is 0 Å². The number of nitrogens with two attached hydrogens (primary N) is 1. The molecule has 0 saturated heterocycles. The molecule has 1 aromatic carbocycles. The van der Waals surface area contributed by atoms with Gasteiger partial charge in [-0.15, -0.1) is 11.3 Å². The first kappa shape index (κ1) is 14.4. The Kier molecular flexibility index (Phi) is 3.66. The molecule has 0 amide bonds. The van der Waals surface area contributed by atoms with Gasteiger partial charge in [0.15, 0.2) is 0 Å². The summed E-state index contributed by atoms with van der Waals surface area (Å²) in [6.45, 7) is 8.64. The Hall–Kier alpha value is -1.55. The molecule has 0 fully saturated rings. The lowest BCUT2D eigenvalue weighted by molar-refractivity contribution is 0.569. The second kappa shape index (κ2) is 5.34. The summed E-state index contributed by atoms with van der Waals surface area (Å²) in [5.74, 6) is 0. The van der Waals surface area contributed by atoms with E-state index in [0.29, 0.717) is 0 Å². The maximum Gasteiger partial charge on any atom is 0.112 e. The minimum absolute atomic E-state index is 0.128. The third kappa shape index (κ3) is 3.05. The molecule has 0 atom stereocenters. The van der Waals surface area contributed by atoms with Crippen molar-refractivity contribution < 1.29 is 0 Å². The lowest BCUT2D eigenvalue weighted by Crippen LogP contribution is -2.28. The summed E-state index contributed by atoms with van der Waals surface area (Å²) in [4.78, 5) is 7.25. The molecule has 0 aliphatic carbocycles. The van der Waals surface area contributed by atoms with Crippen LogP contribution in [-0.4, -0.2) is 11.5 Å². The Morgan fingerprint density at radius 1 is 1.33 bits per heavy atom. The summed E-state index contributed by atoms with van der Waals surface area (Å²) in [6, 6.07) is 6.27. The van der Waals surface area contributed by atoms with Gasteiger partial charge < -0.3 is 10.6 Å². The third-order valence-electron chi connectivity index (χ3n) is 3.96. The maximum atomic E-state index is 5.90. The highest BCUT2D eigenvalue weighted by atomic mass is 32.1. The molecule has 0 radical (unpaired) electrons. The zero-order chi connectivity index (χ0) is 15.0. The first-order chi connectivity index (χ1) is 9.93. The monoisotopic (exact) mass is 301 g/mol. The molecule has 2 heterocycles. The van der Waals surface area contributed by atoms with Crippen LogP contribution in [0.2, 0.25) is 0 Å². The van der Waals surface area contributed by atoms with Crippen molar-refractivity contribution in [1.82, 2.24) is 4.98 Å². The van der Waals surface area contributed by atoms with Crippen LogP contribution in [0.1, 0.15) is 43.5 Å². The zero-order valence-electron chi connectivity index (χ0n) is 13.0. The van der Waals surface area contributed by atoms with Crippen LogP contribution in [0.4, 0.5) is 11.4 Å². The van der Waals surface area contributed by atoms with Gasteiger partial charge in [0.25, 0.3) is 0 Å². The first-order valence-corrected chi connectivity index (χ1v) is 8.40. The highest BCUT2D eigenvalue weighted by Crippen LogP contribution is 2.31. The highest BCUT2D eigenvalue weighted by Gasteiger charge is 2.21. The largest absolute Gasteiger partial charge is 0.399 e. The number of hydrogen-bond acceptors (Lipinski definition) is 4. The molecular weight excluding hydrogens is 278 g/mol. The number of benzene rings is 1. The van der Waals surface area contributed by atoms with E-state index in [1.54, 1.807) is 11.3 Å². The van der Waals surface area contributed by atoms with Crippen LogP contribution < -0.4 is 10.6 Å². The van der Waals surface area contributed by atoms with E-state index < -0.39 is 0 Å². The smallest absolute Gasteiger partial charge is 0.112 e. The Bertz CT molecular complexity index is 640. The van der Waals surface area contributed by atoms with Crippen molar-refractivity contribution >= 4 is 22.7 Å². The zero-order valence-corrected chi connectivity index (χ0v) is 13.8. The lowest BCUT2D eigenvalue weighted by Gasteiger charge is -2.30. The van der Waals surface area contributed by atoms with Gasteiger partial charge in [-0.2, -0.15) is 0 Å². The highest BCUT2D eigenvalue weighted by molar-refractivity contribution is 7.09. The van der Waals surface area contributed by atoms with E-state index in [1.807, 2.05) is 6.07 Å². The number of nitrogens with zero attached hydrogens (tertiary/aromatic N) is 2. The number of aromatic nitrogens is 1. The van der Waals surface area contributed by atoms with Crippen LogP contribution in [0.5, 0.6) is 0 Å². The van der Waals surface area contributed by atoms with Crippen molar-refractivity contribution in [3.63, 3.8) is 0 Å². The van der Waals surface area contributed by atoms with Crippen molar-refractivity contribution in [3.8, 4) is 0 Å². The Morgan fingerprint density at radius 2 is 2.14 bits per heavy atom. The lowest BCUT2D eigenvalue weighted by atomic mass is 9.93. The molecule has 1 aliphatic rings. The summed E-state index contributed by atoms with van der Waals surface area (Å²) >= 11 is 1.77. The van der Waals surface area contributed by atoms with Gasteiger partial charge in [0.1, 0.15) is 5.01 Å². The number of hydrogen-bond donors (Lipinski definition) is 1. The van der Waals surface area contributed by atoms with Gasteiger partial charge in [-0.05, 0) is 36.6 Å². The third-order valence-corrected chi connectivity index (χ3v) is 4.80. The van der Waals surface area contributed by atoms with E-state index in [1.165, 1.54) is 28.4 Å². The molecule has 0 saturated carbocycles. The van der Waals surface area contributed by atoms with E-state index in [2.05, 4.69) is 43.2 Å². The summed E-state index contributed by atoms with van der Waals surface area (Å²) in [6.07, 6.45) is 2.32. The van der Waals surface area contributed by atoms with Gasteiger partial charge in [0.05, 0.1) is 12.2 Å². The Balaban J connectivity index is 1.82. The van der Waals surface area contributed by atoms with Gasteiger partial charge in [-0.25, -0.2) is 4.98 Å². The number of rotatable bonds is 2. The first-order valence-electron chi connectivity index (χ1n) is 7.52. The molecule has 4 heteroatoms. The molecule has 2 N–H and O–H groups in total. The van der Waals surface area contributed by atoms with Crippen molar-refractivity contribution in [2.75, 3.05) is 17.2 Å². The van der Waals surface area contributed by atoms with Gasteiger partial charge in [0.2, 0.25) is 0 Å². The molecule has 0 spiro atoms. The number of nitrogen functional groups attached to an aromatic ring is 1. The van der Waals surface area contributed by atoms with Gasteiger partial charge in [-0.3, -0.25) is 0 Å². The molecule has 3 rings (SSSR count). The van der Waals surface area contributed by atoms with Gasteiger partial charge >= 0.3 is 0 Å².